The predicted molar refractivity (Wildman–Crippen MR) is 114 cm³/mol. The first kappa shape index (κ1) is 19.7. The molecule has 1 aliphatic heterocycles. The van der Waals surface area contributed by atoms with Gasteiger partial charge < -0.3 is 10.6 Å². The molecule has 8 nitrogen and oxygen atoms in total. The van der Waals surface area contributed by atoms with Crippen LogP contribution < -0.4 is 21.3 Å². The Bertz CT molecular complexity index is 1020. The van der Waals surface area contributed by atoms with Gasteiger partial charge in [0.05, 0.1) is 5.69 Å². The molecule has 2 atom stereocenters. The highest BCUT2D eigenvalue weighted by Gasteiger charge is 2.27. The van der Waals surface area contributed by atoms with Crippen molar-refractivity contribution < 1.29 is 9.59 Å². The topological polar surface area (TPSA) is 100 Å². The van der Waals surface area contributed by atoms with Crippen molar-refractivity contribution in [3.8, 4) is 11.3 Å². The molecule has 4 N–H and O–H groups in total. The van der Waals surface area contributed by atoms with E-state index in [0.717, 1.165) is 11.1 Å². The maximum absolute atomic E-state index is 12.5. The summed E-state index contributed by atoms with van der Waals surface area (Å²) in [6.07, 6.45) is -0.160. The lowest BCUT2D eigenvalue weighted by Gasteiger charge is -2.30. The summed E-state index contributed by atoms with van der Waals surface area (Å²) >= 11 is 0. The van der Waals surface area contributed by atoms with Crippen molar-refractivity contribution in [1.82, 2.24) is 25.7 Å². The number of rotatable bonds is 5. The minimum absolute atomic E-state index is 0.00659. The van der Waals surface area contributed by atoms with Crippen LogP contribution in [-0.2, 0) is 11.3 Å². The fourth-order valence-corrected chi connectivity index (χ4v) is 3.36. The van der Waals surface area contributed by atoms with Crippen molar-refractivity contribution in [1.29, 1.82) is 0 Å². The zero-order chi connectivity index (χ0) is 20.9. The molecule has 0 saturated carbocycles. The zero-order valence-corrected chi connectivity index (χ0v) is 16.6. The molecule has 2 unspecified atom stereocenters. The van der Waals surface area contributed by atoms with Gasteiger partial charge >= 0.3 is 6.03 Å². The van der Waals surface area contributed by atoms with Crippen molar-refractivity contribution in [3.63, 3.8) is 0 Å². The second kappa shape index (κ2) is 8.79. The summed E-state index contributed by atoms with van der Waals surface area (Å²) in [4.78, 5) is 24.6. The summed E-state index contributed by atoms with van der Waals surface area (Å²) < 4.78 is 1.60. The van der Waals surface area contributed by atoms with Crippen LogP contribution in [0, 0.1) is 0 Å². The van der Waals surface area contributed by atoms with E-state index in [1.165, 1.54) is 0 Å². The normalized spacial score (nSPS) is 18.5. The van der Waals surface area contributed by atoms with Crippen molar-refractivity contribution in [3.05, 3.63) is 72.3 Å². The second-order valence-electron chi connectivity index (χ2n) is 7.26. The van der Waals surface area contributed by atoms with Gasteiger partial charge in [0, 0.05) is 30.6 Å². The van der Waals surface area contributed by atoms with Crippen LogP contribution in [0.4, 0.5) is 10.6 Å². The standard InChI is InChI=1S/C22H24N6O2/c1-15-12-20(29)26-21(24-15)28-19(13-18(27-28)17-10-6-3-7-11-17)25-22(30)23-14-16-8-4-2-5-9-16/h2-11,13,15,21,24H,12,14H2,1H3,(H,26,29)(H2,23,25,30). The number of amides is 3. The van der Waals surface area contributed by atoms with E-state index in [2.05, 4.69) is 26.4 Å². The third-order valence-electron chi connectivity index (χ3n) is 4.82. The first-order valence-corrected chi connectivity index (χ1v) is 9.87. The highest BCUT2D eigenvalue weighted by atomic mass is 16.2. The molecule has 3 amide bonds. The Balaban J connectivity index is 1.56. The van der Waals surface area contributed by atoms with Crippen LogP contribution in [0.3, 0.4) is 0 Å². The highest BCUT2D eigenvalue weighted by molar-refractivity contribution is 5.89. The van der Waals surface area contributed by atoms with Crippen LogP contribution in [0.5, 0.6) is 0 Å². The van der Waals surface area contributed by atoms with Crippen LogP contribution >= 0.6 is 0 Å². The first-order chi connectivity index (χ1) is 14.6. The molecule has 0 spiro atoms. The summed E-state index contributed by atoms with van der Waals surface area (Å²) in [7, 11) is 0. The number of benzene rings is 2. The van der Waals surface area contributed by atoms with Gasteiger partial charge in [-0.25, -0.2) is 9.48 Å². The lowest BCUT2D eigenvalue weighted by Crippen LogP contribution is -2.52. The van der Waals surface area contributed by atoms with Crippen molar-refractivity contribution >= 4 is 17.8 Å². The van der Waals surface area contributed by atoms with Gasteiger partial charge in [-0.05, 0) is 12.5 Å². The van der Waals surface area contributed by atoms with Gasteiger partial charge in [0.15, 0.2) is 6.29 Å². The second-order valence-corrected chi connectivity index (χ2v) is 7.26. The number of hydrogen-bond donors (Lipinski definition) is 4. The third kappa shape index (κ3) is 4.66. The molecule has 1 aliphatic rings. The van der Waals surface area contributed by atoms with Crippen molar-refractivity contribution in [2.24, 2.45) is 0 Å². The van der Waals surface area contributed by atoms with Gasteiger partial charge in [-0.1, -0.05) is 60.7 Å². The fourth-order valence-electron chi connectivity index (χ4n) is 3.36. The fraction of sp³-hybridized carbons (Fsp3) is 0.227. The molecule has 0 bridgehead atoms. The monoisotopic (exact) mass is 404 g/mol. The van der Waals surface area contributed by atoms with Crippen LogP contribution in [0.25, 0.3) is 11.3 Å². The van der Waals surface area contributed by atoms with Crippen LogP contribution in [-0.4, -0.2) is 27.8 Å². The number of nitrogens with zero attached hydrogens (tertiary/aromatic N) is 2. The quantitative estimate of drug-likeness (QED) is 0.525. The van der Waals surface area contributed by atoms with Gasteiger partial charge in [0.1, 0.15) is 5.82 Å². The Morgan fingerprint density at radius 2 is 1.83 bits per heavy atom. The largest absolute Gasteiger partial charge is 0.334 e. The molecular weight excluding hydrogens is 380 g/mol. The predicted octanol–water partition coefficient (Wildman–Crippen LogP) is 2.83. The Labute approximate surface area is 174 Å². The van der Waals surface area contributed by atoms with Gasteiger partial charge in [-0.15, -0.1) is 0 Å². The molecule has 2 aromatic carbocycles. The van der Waals surface area contributed by atoms with Gasteiger partial charge in [0.25, 0.3) is 0 Å². The van der Waals surface area contributed by atoms with Crippen LogP contribution in [0.15, 0.2) is 66.7 Å². The lowest BCUT2D eigenvalue weighted by molar-refractivity contribution is -0.125. The highest BCUT2D eigenvalue weighted by Crippen LogP contribution is 2.24. The lowest BCUT2D eigenvalue weighted by atomic mass is 10.2. The summed E-state index contributed by atoms with van der Waals surface area (Å²) in [5.41, 5.74) is 2.61. The Kier molecular flexibility index (Phi) is 5.76. The molecule has 4 rings (SSSR count). The van der Waals surface area contributed by atoms with Crippen molar-refractivity contribution in [2.45, 2.75) is 32.2 Å². The summed E-state index contributed by atoms with van der Waals surface area (Å²) in [5, 5.41) is 16.5. The van der Waals surface area contributed by atoms with Crippen molar-refractivity contribution in [2.75, 3.05) is 5.32 Å². The Morgan fingerprint density at radius 1 is 1.13 bits per heavy atom. The third-order valence-corrected chi connectivity index (χ3v) is 4.82. The van der Waals surface area contributed by atoms with E-state index in [1.54, 1.807) is 10.7 Å². The molecular formula is C22H24N6O2. The zero-order valence-electron chi connectivity index (χ0n) is 16.6. The summed E-state index contributed by atoms with van der Waals surface area (Å²) in [5.74, 6) is 0.411. The SMILES string of the molecule is CC1CC(=O)NC(n2nc(-c3ccccc3)cc2NC(=O)NCc2ccccc2)N1. The number of urea groups is 1. The molecule has 1 fully saturated rings. The van der Waals surface area contributed by atoms with Crippen LogP contribution in [0.2, 0.25) is 0 Å². The molecule has 154 valence electrons. The number of aromatic nitrogens is 2. The molecule has 0 aliphatic carbocycles. The number of hydrogen-bond acceptors (Lipinski definition) is 4. The maximum Gasteiger partial charge on any atom is 0.320 e. The molecule has 1 saturated heterocycles. The molecule has 3 aromatic rings. The maximum atomic E-state index is 12.5. The van der Waals surface area contributed by atoms with Gasteiger partial charge in [-0.2, -0.15) is 5.10 Å². The summed E-state index contributed by atoms with van der Waals surface area (Å²) in [6, 6.07) is 20.8. The molecule has 1 aromatic heterocycles. The van der Waals surface area contributed by atoms with E-state index in [0.29, 0.717) is 24.5 Å². The number of carbonyl (C=O) groups is 2. The van der Waals surface area contributed by atoms with E-state index in [-0.39, 0.29) is 18.0 Å². The smallest absolute Gasteiger partial charge is 0.320 e. The van der Waals surface area contributed by atoms with E-state index >= 15 is 0 Å². The Hall–Kier alpha value is -3.65. The number of anilines is 1. The Morgan fingerprint density at radius 3 is 2.53 bits per heavy atom. The molecule has 2 heterocycles. The molecule has 30 heavy (non-hydrogen) atoms. The average Bonchev–Trinajstić information content (AvgIpc) is 3.17. The van der Waals surface area contributed by atoms with E-state index in [1.807, 2.05) is 67.6 Å². The van der Waals surface area contributed by atoms with Crippen LogP contribution in [0.1, 0.15) is 25.2 Å². The number of carbonyl (C=O) groups excluding carboxylic acids is 2. The van der Waals surface area contributed by atoms with E-state index in [9.17, 15) is 9.59 Å². The van der Waals surface area contributed by atoms with E-state index in [4.69, 9.17) is 0 Å². The summed E-state index contributed by atoms with van der Waals surface area (Å²) in [6.45, 7) is 2.34. The average molecular weight is 404 g/mol. The van der Waals surface area contributed by atoms with Gasteiger partial charge in [0.2, 0.25) is 5.91 Å². The first-order valence-electron chi connectivity index (χ1n) is 9.87. The van der Waals surface area contributed by atoms with Gasteiger partial charge in [-0.3, -0.25) is 15.4 Å². The number of nitrogens with one attached hydrogen (secondary N) is 4. The van der Waals surface area contributed by atoms with E-state index < -0.39 is 6.29 Å². The molecule has 0 radical (unpaired) electrons. The minimum Gasteiger partial charge on any atom is -0.334 e. The minimum atomic E-state index is -0.553. The molecule has 8 heteroatoms.